The molecule has 0 atom stereocenters. The van der Waals surface area contributed by atoms with Gasteiger partial charge in [0.05, 0.1) is 21.2 Å². The maximum Gasteiger partial charge on any atom is 0.0774 e. The fourth-order valence-electron chi connectivity index (χ4n) is 3.26. The van der Waals surface area contributed by atoms with Gasteiger partial charge in [-0.2, -0.15) is 0 Å². The first-order valence-electron chi connectivity index (χ1n) is 8.12. The Bertz CT molecular complexity index is 928. The molecule has 1 aliphatic rings. The standard InChI is InChI=1S/C20H16Cl2N2/c21-16-8-5-9-17(22)15(16)12-23-20-13-6-1-3-10-18(13)24-19-11-4-2-7-14(19)20/h1,3,5-6,8-10,12H,2,4,7,11H2/b23-12+. The number of aryl methyl sites for hydroxylation is 1. The molecule has 0 saturated heterocycles. The van der Waals surface area contributed by atoms with Crippen molar-refractivity contribution < 1.29 is 0 Å². The van der Waals surface area contributed by atoms with Gasteiger partial charge in [-0.05, 0) is 49.4 Å². The van der Waals surface area contributed by atoms with Crippen molar-refractivity contribution in [2.75, 3.05) is 0 Å². The first-order valence-corrected chi connectivity index (χ1v) is 8.88. The van der Waals surface area contributed by atoms with Crippen LogP contribution in [-0.2, 0) is 12.8 Å². The molecular formula is C20H16Cl2N2. The summed E-state index contributed by atoms with van der Waals surface area (Å²) in [5, 5.41) is 2.30. The topological polar surface area (TPSA) is 25.2 Å². The second kappa shape index (κ2) is 6.54. The van der Waals surface area contributed by atoms with Gasteiger partial charge in [-0.1, -0.05) is 47.5 Å². The van der Waals surface area contributed by atoms with Crippen LogP contribution in [0.2, 0.25) is 10.0 Å². The summed E-state index contributed by atoms with van der Waals surface area (Å²) in [6.45, 7) is 0. The van der Waals surface area contributed by atoms with E-state index in [0.29, 0.717) is 10.0 Å². The fraction of sp³-hybridized carbons (Fsp3) is 0.200. The lowest BCUT2D eigenvalue weighted by Gasteiger charge is -2.18. The molecule has 120 valence electrons. The number of rotatable bonds is 2. The van der Waals surface area contributed by atoms with Gasteiger partial charge in [-0.15, -0.1) is 0 Å². The number of aliphatic imine (C=N–C) groups is 1. The number of nitrogens with zero attached hydrogens (tertiary/aromatic N) is 2. The zero-order valence-corrected chi connectivity index (χ0v) is 14.6. The first-order chi connectivity index (χ1) is 11.7. The lowest BCUT2D eigenvalue weighted by atomic mass is 9.93. The monoisotopic (exact) mass is 354 g/mol. The molecule has 0 N–H and O–H groups in total. The smallest absolute Gasteiger partial charge is 0.0774 e. The number of benzene rings is 2. The minimum absolute atomic E-state index is 0.610. The highest BCUT2D eigenvalue weighted by molar-refractivity contribution is 6.38. The van der Waals surface area contributed by atoms with Crippen LogP contribution in [-0.4, -0.2) is 11.2 Å². The van der Waals surface area contributed by atoms with Crippen LogP contribution >= 0.6 is 23.2 Å². The molecular weight excluding hydrogens is 339 g/mol. The Morgan fingerprint density at radius 3 is 2.50 bits per heavy atom. The highest BCUT2D eigenvalue weighted by Crippen LogP contribution is 2.35. The van der Waals surface area contributed by atoms with Gasteiger partial charge in [0.25, 0.3) is 0 Å². The summed E-state index contributed by atoms with van der Waals surface area (Å²) in [6.07, 6.45) is 6.20. The van der Waals surface area contributed by atoms with Crippen LogP contribution < -0.4 is 0 Å². The van der Waals surface area contributed by atoms with Gasteiger partial charge in [-0.25, -0.2) is 0 Å². The van der Waals surface area contributed by atoms with Gasteiger partial charge in [0, 0.05) is 22.9 Å². The molecule has 1 aliphatic carbocycles. The Kier molecular flexibility index (Phi) is 4.26. The molecule has 0 fully saturated rings. The Hall–Kier alpha value is -1.90. The normalized spacial score (nSPS) is 14.2. The van der Waals surface area contributed by atoms with E-state index in [1.807, 2.05) is 36.4 Å². The molecule has 2 nitrogen and oxygen atoms in total. The van der Waals surface area contributed by atoms with Gasteiger partial charge in [0.2, 0.25) is 0 Å². The minimum atomic E-state index is 0.610. The quantitative estimate of drug-likeness (QED) is 0.505. The first kappa shape index (κ1) is 15.6. The molecule has 0 amide bonds. The third-order valence-corrected chi connectivity index (χ3v) is 5.12. The van der Waals surface area contributed by atoms with E-state index in [-0.39, 0.29) is 0 Å². The predicted octanol–water partition coefficient (Wildman–Crippen LogP) is 6.17. The number of hydrogen-bond donors (Lipinski definition) is 0. The van der Waals surface area contributed by atoms with E-state index in [1.165, 1.54) is 24.1 Å². The summed E-state index contributed by atoms with van der Waals surface area (Å²) in [6, 6.07) is 13.7. The fourth-order valence-corrected chi connectivity index (χ4v) is 3.75. The molecule has 3 aromatic rings. The van der Waals surface area contributed by atoms with Crippen molar-refractivity contribution in [1.29, 1.82) is 0 Å². The van der Waals surface area contributed by atoms with Crippen molar-refractivity contribution in [3.63, 3.8) is 0 Å². The number of para-hydroxylation sites is 1. The Labute approximate surface area is 151 Å². The molecule has 0 aliphatic heterocycles. The van der Waals surface area contributed by atoms with Crippen LogP contribution in [0.5, 0.6) is 0 Å². The summed E-state index contributed by atoms with van der Waals surface area (Å²) < 4.78 is 0. The number of fused-ring (bicyclic) bond motifs is 2. The van der Waals surface area contributed by atoms with Crippen molar-refractivity contribution in [1.82, 2.24) is 4.98 Å². The summed E-state index contributed by atoms with van der Waals surface area (Å²) in [5.41, 5.74) is 5.20. The second-order valence-electron chi connectivity index (χ2n) is 6.00. The van der Waals surface area contributed by atoms with Crippen molar-refractivity contribution in [3.8, 4) is 0 Å². The maximum atomic E-state index is 6.27. The molecule has 0 spiro atoms. The summed E-state index contributed by atoms with van der Waals surface area (Å²) in [5.74, 6) is 0. The number of pyridine rings is 1. The maximum absolute atomic E-state index is 6.27. The number of halogens is 2. The zero-order valence-electron chi connectivity index (χ0n) is 13.1. The van der Waals surface area contributed by atoms with Crippen molar-refractivity contribution in [2.45, 2.75) is 25.7 Å². The van der Waals surface area contributed by atoms with Crippen LogP contribution in [0.3, 0.4) is 0 Å². The van der Waals surface area contributed by atoms with E-state index < -0.39 is 0 Å². The van der Waals surface area contributed by atoms with Crippen LogP contribution in [0.15, 0.2) is 47.5 Å². The Morgan fingerprint density at radius 2 is 1.67 bits per heavy atom. The predicted molar refractivity (Wildman–Crippen MR) is 102 cm³/mol. The van der Waals surface area contributed by atoms with Gasteiger partial charge in [0.15, 0.2) is 0 Å². The van der Waals surface area contributed by atoms with Gasteiger partial charge >= 0.3 is 0 Å². The SMILES string of the molecule is Clc1cccc(Cl)c1/C=N/c1c2c(nc3ccccc13)CCCC2. The van der Waals surface area contributed by atoms with Gasteiger partial charge in [0.1, 0.15) is 0 Å². The summed E-state index contributed by atoms with van der Waals surface area (Å²) >= 11 is 12.5. The van der Waals surface area contributed by atoms with Crippen molar-refractivity contribution >= 4 is 46.0 Å². The highest BCUT2D eigenvalue weighted by atomic mass is 35.5. The third-order valence-electron chi connectivity index (χ3n) is 4.46. The molecule has 1 aromatic heterocycles. The molecule has 4 rings (SSSR count). The highest BCUT2D eigenvalue weighted by Gasteiger charge is 2.17. The van der Waals surface area contributed by atoms with E-state index in [1.54, 1.807) is 6.21 Å². The lowest BCUT2D eigenvalue weighted by molar-refractivity contribution is 0.672. The molecule has 0 saturated carbocycles. The van der Waals surface area contributed by atoms with Crippen molar-refractivity contribution in [2.24, 2.45) is 4.99 Å². The third kappa shape index (κ3) is 2.81. The van der Waals surface area contributed by atoms with Crippen LogP contribution in [0.1, 0.15) is 29.7 Å². The molecule has 0 unspecified atom stereocenters. The average Bonchev–Trinajstić information content (AvgIpc) is 2.60. The number of aromatic nitrogens is 1. The molecule has 1 heterocycles. The summed E-state index contributed by atoms with van der Waals surface area (Å²) in [4.78, 5) is 9.65. The van der Waals surface area contributed by atoms with E-state index in [4.69, 9.17) is 33.2 Å². The molecule has 2 aromatic carbocycles. The van der Waals surface area contributed by atoms with Gasteiger partial charge in [-0.3, -0.25) is 9.98 Å². The molecule has 0 bridgehead atoms. The van der Waals surface area contributed by atoms with Crippen LogP contribution in [0.4, 0.5) is 5.69 Å². The Morgan fingerprint density at radius 1 is 0.917 bits per heavy atom. The van der Waals surface area contributed by atoms with E-state index in [2.05, 4.69) is 6.07 Å². The lowest BCUT2D eigenvalue weighted by Crippen LogP contribution is -2.06. The van der Waals surface area contributed by atoms with Gasteiger partial charge < -0.3 is 0 Å². The van der Waals surface area contributed by atoms with Crippen LogP contribution in [0, 0.1) is 0 Å². The zero-order chi connectivity index (χ0) is 16.5. The minimum Gasteiger partial charge on any atom is -0.255 e. The molecule has 24 heavy (non-hydrogen) atoms. The van der Waals surface area contributed by atoms with Crippen LogP contribution in [0.25, 0.3) is 10.9 Å². The molecule has 0 radical (unpaired) electrons. The van der Waals surface area contributed by atoms with E-state index in [9.17, 15) is 0 Å². The number of hydrogen-bond acceptors (Lipinski definition) is 2. The van der Waals surface area contributed by atoms with E-state index in [0.717, 1.165) is 35.0 Å². The molecule has 4 heteroatoms. The largest absolute Gasteiger partial charge is 0.255 e. The Balaban J connectivity index is 1.91. The second-order valence-corrected chi connectivity index (χ2v) is 6.82. The van der Waals surface area contributed by atoms with Crippen molar-refractivity contribution in [3.05, 3.63) is 69.3 Å². The summed E-state index contributed by atoms with van der Waals surface area (Å²) in [7, 11) is 0. The average molecular weight is 355 g/mol. The van der Waals surface area contributed by atoms with E-state index >= 15 is 0 Å².